The SMILES string of the molecule is C[C@@H]1COC[C@H](C)N1C(=O)[C@H]1CCc2c(sc3ncnc(Nc4cc5snnc5cc4Cl)c23)C1. The molecule has 1 aromatic carbocycles. The number of halogens is 1. The zero-order valence-electron chi connectivity index (χ0n) is 18.7. The summed E-state index contributed by atoms with van der Waals surface area (Å²) in [5.41, 5.74) is 2.78. The van der Waals surface area contributed by atoms with Crippen LogP contribution in [0.2, 0.25) is 5.02 Å². The number of nitrogens with one attached hydrogen (secondary N) is 1. The summed E-state index contributed by atoms with van der Waals surface area (Å²) in [6, 6.07) is 3.98. The lowest BCUT2D eigenvalue weighted by Gasteiger charge is -2.41. The van der Waals surface area contributed by atoms with Crippen molar-refractivity contribution in [2.24, 2.45) is 5.92 Å². The molecule has 1 saturated heterocycles. The smallest absolute Gasteiger partial charge is 0.226 e. The standard InChI is InChI=1S/C23H23ClN6O2S2/c1-11-8-32-9-12(2)30(11)23(31)13-3-4-14-18(5-13)33-22-20(14)21(25-10-26-22)27-16-7-19-17(6-15(16)24)28-29-34-19/h6-7,10-13H,3-5,8-9H2,1-2H3,(H,25,26,27)/t11-,12+,13-/m0/s1. The number of carbonyl (C=O) groups is 1. The van der Waals surface area contributed by atoms with E-state index >= 15 is 0 Å². The quantitative estimate of drug-likeness (QED) is 0.418. The second kappa shape index (κ2) is 8.67. The number of anilines is 2. The largest absolute Gasteiger partial charge is 0.377 e. The van der Waals surface area contributed by atoms with Gasteiger partial charge in [-0.3, -0.25) is 4.79 Å². The van der Waals surface area contributed by atoms with Gasteiger partial charge in [0, 0.05) is 10.8 Å². The fourth-order valence-corrected chi connectivity index (χ4v) is 7.14. The highest BCUT2D eigenvalue weighted by Crippen LogP contribution is 2.42. The topological polar surface area (TPSA) is 93.1 Å². The number of morpholine rings is 1. The Morgan fingerprint density at radius 3 is 2.88 bits per heavy atom. The van der Waals surface area contributed by atoms with Crippen LogP contribution >= 0.6 is 34.5 Å². The molecule has 4 heterocycles. The third kappa shape index (κ3) is 3.73. The van der Waals surface area contributed by atoms with Gasteiger partial charge in [-0.1, -0.05) is 16.1 Å². The van der Waals surface area contributed by atoms with Crippen molar-refractivity contribution in [2.45, 2.75) is 45.2 Å². The number of fused-ring (bicyclic) bond motifs is 4. The Morgan fingerprint density at radius 2 is 2.06 bits per heavy atom. The molecule has 3 aromatic heterocycles. The molecule has 2 aliphatic rings. The van der Waals surface area contributed by atoms with Crippen LogP contribution in [0.1, 0.15) is 30.7 Å². The van der Waals surface area contributed by atoms with Gasteiger partial charge in [-0.15, -0.1) is 16.4 Å². The summed E-state index contributed by atoms with van der Waals surface area (Å²) in [6.07, 6.45) is 3.96. The van der Waals surface area contributed by atoms with Crippen LogP contribution in [-0.4, -0.2) is 55.7 Å². The summed E-state index contributed by atoms with van der Waals surface area (Å²) in [7, 11) is 0. The third-order valence-corrected chi connectivity index (χ3v) is 8.87. The summed E-state index contributed by atoms with van der Waals surface area (Å²) in [6.45, 7) is 5.35. The molecule has 1 aliphatic heterocycles. The van der Waals surface area contributed by atoms with Crippen LogP contribution in [0.25, 0.3) is 20.4 Å². The third-order valence-electron chi connectivity index (χ3n) is 6.71. The molecule has 0 radical (unpaired) electrons. The zero-order chi connectivity index (χ0) is 23.4. The Hall–Kier alpha value is -2.40. The minimum Gasteiger partial charge on any atom is -0.377 e. The average molecular weight is 515 g/mol. The van der Waals surface area contributed by atoms with E-state index in [-0.39, 0.29) is 23.9 Å². The van der Waals surface area contributed by atoms with E-state index in [0.717, 1.165) is 51.2 Å². The molecule has 3 atom stereocenters. The number of aryl methyl sites for hydroxylation is 1. The van der Waals surface area contributed by atoms with Crippen LogP contribution in [0.4, 0.5) is 11.5 Å². The second-order valence-electron chi connectivity index (χ2n) is 9.02. The van der Waals surface area contributed by atoms with E-state index in [4.69, 9.17) is 16.3 Å². The van der Waals surface area contributed by atoms with Gasteiger partial charge in [0.15, 0.2) is 0 Å². The molecule has 1 N–H and O–H groups in total. The van der Waals surface area contributed by atoms with Crippen LogP contribution in [0.3, 0.4) is 0 Å². The number of benzene rings is 1. The number of nitrogens with zero attached hydrogens (tertiary/aromatic N) is 5. The lowest BCUT2D eigenvalue weighted by Crippen LogP contribution is -2.54. The lowest BCUT2D eigenvalue weighted by atomic mass is 9.86. The predicted molar refractivity (Wildman–Crippen MR) is 135 cm³/mol. The summed E-state index contributed by atoms with van der Waals surface area (Å²) in [4.78, 5) is 26.7. The minimum absolute atomic E-state index is 0.0105. The Morgan fingerprint density at radius 1 is 1.24 bits per heavy atom. The molecule has 11 heteroatoms. The molecule has 0 bridgehead atoms. The van der Waals surface area contributed by atoms with Gasteiger partial charge in [-0.05, 0) is 62.3 Å². The molecular weight excluding hydrogens is 492 g/mol. The van der Waals surface area contributed by atoms with E-state index in [1.54, 1.807) is 17.7 Å². The fraction of sp³-hybridized carbons (Fsp3) is 0.435. The first-order chi connectivity index (χ1) is 16.5. The molecular formula is C23H23ClN6O2S2. The fourth-order valence-electron chi connectivity index (χ4n) is 5.09. The highest BCUT2D eigenvalue weighted by Gasteiger charge is 2.36. The maximum atomic E-state index is 13.4. The van der Waals surface area contributed by atoms with E-state index in [2.05, 4.69) is 38.7 Å². The van der Waals surface area contributed by atoms with E-state index in [9.17, 15) is 4.79 Å². The van der Waals surface area contributed by atoms with E-state index in [0.29, 0.717) is 18.2 Å². The van der Waals surface area contributed by atoms with Crippen molar-refractivity contribution in [1.82, 2.24) is 24.5 Å². The molecule has 176 valence electrons. The van der Waals surface area contributed by atoms with Crippen molar-refractivity contribution in [3.05, 3.63) is 33.9 Å². The normalized spacial score (nSPS) is 22.8. The van der Waals surface area contributed by atoms with Crippen LogP contribution in [-0.2, 0) is 22.4 Å². The average Bonchev–Trinajstić information content (AvgIpc) is 3.42. The Labute approximate surface area is 209 Å². The van der Waals surface area contributed by atoms with Gasteiger partial charge in [0.1, 0.15) is 22.5 Å². The van der Waals surface area contributed by atoms with Gasteiger partial charge in [-0.2, -0.15) is 0 Å². The van der Waals surface area contributed by atoms with Gasteiger partial charge >= 0.3 is 0 Å². The molecule has 6 rings (SSSR count). The number of hydrogen-bond donors (Lipinski definition) is 1. The van der Waals surface area contributed by atoms with Crippen molar-refractivity contribution < 1.29 is 9.53 Å². The summed E-state index contributed by atoms with van der Waals surface area (Å²) in [5.74, 6) is 0.971. The number of hydrogen-bond acceptors (Lipinski definition) is 9. The minimum atomic E-state index is -0.0105. The molecule has 8 nitrogen and oxygen atoms in total. The molecule has 34 heavy (non-hydrogen) atoms. The summed E-state index contributed by atoms with van der Waals surface area (Å²) in [5, 5.41) is 9.10. The first-order valence-electron chi connectivity index (χ1n) is 11.3. The van der Waals surface area contributed by atoms with Crippen molar-refractivity contribution in [1.29, 1.82) is 0 Å². The van der Waals surface area contributed by atoms with Gasteiger partial charge in [0.25, 0.3) is 0 Å². The van der Waals surface area contributed by atoms with Crippen LogP contribution < -0.4 is 5.32 Å². The number of ether oxygens (including phenoxy) is 1. The molecule has 4 aromatic rings. The van der Waals surface area contributed by atoms with Crippen molar-refractivity contribution in [3.8, 4) is 0 Å². The highest BCUT2D eigenvalue weighted by molar-refractivity contribution is 7.19. The van der Waals surface area contributed by atoms with Crippen LogP contribution in [0.15, 0.2) is 18.5 Å². The number of aromatic nitrogens is 4. The molecule has 1 fully saturated rings. The predicted octanol–water partition coefficient (Wildman–Crippen LogP) is 4.83. The molecule has 0 spiro atoms. The van der Waals surface area contributed by atoms with Crippen LogP contribution in [0, 0.1) is 5.92 Å². The van der Waals surface area contributed by atoms with E-state index in [1.807, 2.05) is 17.0 Å². The highest BCUT2D eigenvalue weighted by atomic mass is 35.5. The number of rotatable bonds is 3. The van der Waals surface area contributed by atoms with Gasteiger partial charge < -0.3 is 15.0 Å². The zero-order valence-corrected chi connectivity index (χ0v) is 21.1. The maximum Gasteiger partial charge on any atom is 0.226 e. The molecule has 0 unspecified atom stereocenters. The lowest BCUT2D eigenvalue weighted by molar-refractivity contribution is -0.149. The first kappa shape index (κ1) is 22.1. The monoisotopic (exact) mass is 514 g/mol. The second-order valence-corrected chi connectivity index (χ2v) is 11.3. The maximum absolute atomic E-state index is 13.4. The van der Waals surface area contributed by atoms with Crippen molar-refractivity contribution in [2.75, 3.05) is 18.5 Å². The summed E-state index contributed by atoms with van der Waals surface area (Å²) < 4.78 is 10.6. The Kier molecular flexibility index (Phi) is 5.63. The van der Waals surface area contributed by atoms with E-state index in [1.165, 1.54) is 22.0 Å². The Bertz CT molecular complexity index is 1400. The first-order valence-corrected chi connectivity index (χ1v) is 13.3. The summed E-state index contributed by atoms with van der Waals surface area (Å²) >= 11 is 9.51. The van der Waals surface area contributed by atoms with Crippen molar-refractivity contribution in [3.63, 3.8) is 0 Å². The van der Waals surface area contributed by atoms with E-state index < -0.39 is 0 Å². The number of carbonyl (C=O) groups excluding carboxylic acids is 1. The number of thiophene rings is 1. The van der Waals surface area contributed by atoms with Gasteiger partial charge in [-0.25, -0.2) is 9.97 Å². The molecule has 1 amide bonds. The van der Waals surface area contributed by atoms with Crippen LogP contribution in [0.5, 0.6) is 0 Å². The Balaban J connectivity index is 1.31. The molecule has 1 aliphatic carbocycles. The van der Waals surface area contributed by atoms with Gasteiger partial charge in [0.2, 0.25) is 5.91 Å². The van der Waals surface area contributed by atoms with Crippen molar-refractivity contribution >= 4 is 72.3 Å². The number of amides is 1. The van der Waals surface area contributed by atoms with Gasteiger partial charge in [0.05, 0.1) is 46.1 Å². The molecule has 0 saturated carbocycles.